The summed E-state index contributed by atoms with van der Waals surface area (Å²) in [6, 6.07) is 14.2. The summed E-state index contributed by atoms with van der Waals surface area (Å²) < 4.78 is 14.7. The molecule has 28 heavy (non-hydrogen) atoms. The van der Waals surface area contributed by atoms with Gasteiger partial charge in [-0.1, -0.05) is 24.3 Å². The molecule has 0 amide bonds. The SMILES string of the molecule is Fc1ccc(CCNc2ncc3c(n2)Nc2ccccc2-n2nnnc2-3)cc1. The van der Waals surface area contributed by atoms with E-state index < -0.39 is 0 Å². The highest BCUT2D eigenvalue weighted by molar-refractivity contribution is 5.81. The van der Waals surface area contributed by atoms with Crippen LogP contribution in [0.25, 0.3) is 17.1 Å². The normalized spacial score (nSPS) is 11.6. The van der Waals surface area contributed by atoms with Crippen molar-refractivity contribution in [1.29, 1.82) is 0 Å². The maximum absolute atomic E-state index is 13.0. The molecule has 8 nitrogen and oxygen atoms in total. The fourth-order valence-electron chi connectivity index (χ4n) is 3.10. The minimum atomic E-state index is -0.237. The number of nitrogens with one attached hydrogen (secondary N) is 2. The molecule has 0 spiro atoms. The van der Waals surface area contributed by atoms with Gasteiger partial charge >= 0.3 is 0 Å². The zero-order valence-electron chi connectivity index (χ0n) is 14.7. The second-order valence-electron chi connectivity index (χ2n) is 6.32. The van der Waals surface area contributed by atoms with Crippen molar-refractivity contribution in [3.05, 3.63) is 66.1 Å². The number of para-hydroxylation sites is 2. The molecule has 0 atom stereocenters. The van der Waals surface area contributed by atoms with Gasteiger partial charge in [0.05, 0.1) is 16.9 Å². The van der Waals surface area contributed by atoms with Gasteiger partial charge in [0.1, 0.15) is 11.6 Å². The maximum atomic E-state index is 13.0. The van der Waals surface area contributed by atoms with E-state index in [1.807, 2.05) is 24.3 Å². The van der Waals surface area contributed by atoms with Gasteiger partial charge in [-0.15, -0.1) is 5.10 Å². The average Bonchev–Trinajstić information content (AvgIpc) is 3.15. The number of aromatic nitrogens is 6. The van der Waals surface area contributed by atoms with Crippen LogP contribution in [0.1, 0.15) is 5.56 Å². The van der Waals surface area contributed by atoms with Crippen LogP contribution >= 0.6 is 0 Å². The van der Waals surface area contributed by atoms with Gasteiger partial charge in [-0.2, -0.15) is 9.67 Å². The number of nitrogens with zero attached hydrogens (tertiary/aromatic N) is 6. The predicted molar refractivity (Wildman–Crippen MR) is 102 cm³/mol. The van der Waals surface area contributed by atoms with E-state index in [-0.39, 0.29) is 5.82 Å². The molecule has 0 aliphatic carbocycles. The number of rotatable bonds is 4. The minimum Gasteiger partial charge on any atom is -0.354 e. The molecule has 4 aromatic rings. The Labute approximate surface area is 159 Å². The third-order valence-electron chi connectivity index (χ3n) is 4.49. The van der Waals surface area contributed by atoms with E-state index in [9.17, 15) is 4.39 Å². The predicted octanol–water partition coefficient (Wildman–Crippen LogP) is 2.97. The van der Waals surface area contributed by atoms with Crippen LogP contribution in [0.3, 0.4) is 0 Å². The Balaban J connectivity index is 1.41. The molecule has 138 valence electrons. The van der Waals surface area contributed by atoms with Crippen molar-refractivity contribution < 1.29 is 4.39 Å². The number of hydrogen-bond donors (Lipinski definition) is 2. The lowest BCUT2D eigenvalue weighted by molar-refractivity contribution is 0.627. The van der Waals surface area contributed by atoms with E-state index in [0.29, 0.717) is 29.7 Å². The molecule has 1 aliphatic heterocycles. The molecule has 5 rings (SSSR count). The molecule has 0 saturated carbocycles. The van der Waals surface area contributed by atoms with Crippen LogP contribution in [-0.2, 0) is 6.42 Å². The van der Waals surface area contributed by atoms with Crippen LogP contribution in [0.15, 0.2) is 54.7 Å². The largest absolute Gasteiger partial charge is 0.354 e. The smallest absolute Gasteiger partial charge is 0.224 e. The molecule has 0 fully saturated rings. The van der Waals surface area contributed by atoms with Gasteiger partial charge in [0.15, 0.2) is 5.82 Å². The van der Waals surface area contributed by atoms with Gasteiger partial charge in [-0.05, 0) is 46.7 Å². The van der Waals surface area contributed by atoms with Crippen molar-refractivity contribution in [2.45, 2.75) is 6.42 Å². The Bertz CT molecular complexity index is 1140. The van der Waals surface area contributed by atoms with E-state index >= 15 is 0 Å². The molecule has 0 saturated heterocycles. The molecule has 2 aromatic heterocycles. The standard InChI is InChI=1S/C19H15FN8/c20-13-7-5-12(6-8-13)9-10-21-19-22-11-14-17(24-19)23-15-3-1-2-4-16(15)28-18(14)25-26-27-28/h1-8,11H,9-10H2,(H2,21,22,23,24). The zero-order chi connectivity index (χ0) is 18.9. The number of tetrazole rings is 1. The van der Waals surface area contributed by atoms with Crippen LogP contribution < -0.4 is 10.6 Å². The summed E-state index contributed by atoms with van der Waals surface area (Å²) in [5.74, 6) is 1.46. The van der Waals surface area contributed by atoms with E-state index in [4.69, 9.17) is 0 Å². The number of fused-ring (bicyclic) bond motifs is 5. The van der Waals surface area contributed by atoms with Crippen LogP contribution in [0.2, 0.25) is 0 Å². The lowest BCUT2D eigenvalue weighted by atomic mass is 10.1. The number of benzene rings is 2. The summed E-state index contributed by atoms with van der Waals surface area (Å²) in [4.78, 5) is 8.98. The molecule has 3 heterocycles. The Morgan fingerprint density at radius 3 is 2.82 bits per heavy atom. The quantitative estimate of drug-likeness (QED) is 0.499. The molecule has 0 unspecified atom stereocenters. The Hall–Kier alpha value is -3.88. The fraction of sp³-hybridized carbons (Fsp3) is 0.105. The molecule has 2 N–H and O–H groups in total. The second kappa shape index (κ2) is 6.69. The van der Waals surface area contributed by atoms with Gasteiger partial charge < -0.3 is 10.6 Å². The molecular weight excluding hydrogens is 359 g/mol. The highest BCUT2D eigenvalue weighted by Gasteiger charge is 2.23. The van der Waals surface area contributed by atoms with Crippen LogP contribution in [0.4, 0.5) is 21.8 Å². The molecule has 2 aromatic carbocycles. The first-order valence-electron chi connectivity index (χ1n) is 8.78. The zero-order valence-corrected chi connectivity index (χ0v) is 14.7. The summed E-state index contributed by atoms with van der Waals surface area (Å²) in [5.41, 5.74) is 3.44. The molecule has 0 radical (unpaired) electrons. The molecule has 9 heteroatoms. The lowest BCUT2D eigenvalue weighted by Gasteiger charge is -2.10. The van der Waals surface area contributed by atoms with Gasteiger partial charge in [0, 0.05) is 12.7 Å². The monoisotopic (exact) mass is 374 g/mol. The second-order valence-corrected chi connectivity index (χ2v) is 6.32. The summed E-state index contributed by atoms with van der Waals surface area (Å²) >= 11 is 0. The molecule has 1 aliphatic rings. The highest BCUT2D eigenvalue weighted by atomic mass is 19.1. The van der Waals surface area contributed by atoms with Crippen molar-refractivity contribution >= 4 is 17.5 Å². The van der Waals surface area contributed by atoms with Crippen LogP contribution in [0.5, 0.6) is 0 Å². The summed E-state index contributed by atoms with van der Waals surface area (Å²) in [6.07, 6.45) is 2.43. The van der Waals surface area contributed by atoms with Crippen molar-refractivity contribution in [3.8, 4) is 17.1 Å². The van der Waals surface area contributed by atoms with Crippen LogP contribution in [-0.4, -0.2) is 36.7 Å². The maximum Gasteiger partial charge on any atom is 0.224 e. The molecular formula is C19H15FN8. The first-order chi connectivity index (χ1) is 13.8. The highest BCUT2D eigenvalue weighted by Crippen LogP contribution is 2.35. The van der Waals surface area contributed by atoms with Crippen molar-refractivity contribution in [2.75, 3.05) is 17.2 Å². The Morgan fingerprint density at radius 2 is 1.93 bits per heavy atom. The lowest BCUT2D eigenvalue weighted by Crippen LogP contribution is -2.09. The van der Waals surface area contributed by atoms with Crippen molar-refractivity contribution in [2.24, 2.45) is 0 Å². The number of hydrogen-bond acceptors (Lipinski definition) is 7. The first-order valence-corrected chi connectivity index (χ1v) is 8.78. The van der Waals surface area contributed by atoms with E-state index in [2.05, 4.69) is 36.1 Å². The van der Waals surface area contributed by atoms with Gasteiger partial charge in [-0.3, -0.25) is 0 Å². The average molecular weight is 374 g/mol. The number of halogens is 1. The summed E-state index contributed by atoms with van der Waals surface area (Å²) in [6.45, 7) is 0.624. The Morgan fingerprint density at radius 1 is 1.07 bits per heavy atom. The minimum absolute atomic E-state index is 0.237. The van der Waals surface area contributed by atoms with E-state index in [1.54, 1.807) is 23.0 Å². The van der Waals surface area contributed by atoms with E-state index in [0.717, 1.165) is 23.4 Å². The fourth-order valence-corrected chi connectivity index (χ4v) is 3.10. The van der Waals surface area contributed by atoms with Gasteiger partial charge in [0.2, 0.25) is 5.95 Å². The van der Waals surface area contributed by atoms with Gasteiger partial charge in [-0.25, -0.2) is 9.37 Å². The molecule has 0 bridgehead atoms. The van der Waals surface area contributed by atoms with Crippen LogP contribution in [0, 0.1) is 5.82 Å². The van der Waals surface area contributed by atoms with Crippen molar-refractivity contribution in [3.63, 3.8) is 0 Å². The Kier molecular flexibility index (Phi) is 3.90. The van der Waals surface area contributed by atoms with Gasteiger partial charge in [0.25, 0.3) is 0 Å². The summed E-state index contributed by atoms with van der Waals surface area (Å²) in [5, 5.41) is 18.5. The third kappa shape index (κ3) is 2.92. The van der Waals surface area contributed by atoms with E-state index in [1.165, 1.54) is 12.1 Å². The number of anilines is 3. The topological polar surface area (TPSA) is 93.4 Å². The third-order valence-corrected chi connectivity index (χ3v) is 4.49. The van der Waals surface area contributed by atoms with Crippen molar-refractivity contribution in [1.82, 2.24) is 30.2 Å². The first kappa shape index (κ1) is 16.3. The summed E-state index contributed by atoms with van der Waals surface area (Å²) in [7, 11) is 0.